The van der Waals surface area contributed by atoms with Crippen LogP contribution >= 0.6 is 0 Å². The van der Waals surface area contributed by atoms with Crippen LogP contribution in [0, 0.1) is 0 Å². The van der Waals surface area contributed by atoms with Gasteiger partial charge < -0.3 is 10.6 Å². The molecule has 3 aromatic carbocycles. The molecule has 0 saturated carbocycles. The van der Waals surface area contributed by atoms with Crippen molar-refractivity contribution in [3.8, 4) is 22.3 Å². The predicted octanol–water partition coefficient (Wildman–Crippen LogP) is 12.1. The van der Waals surface area contributed by atoms with Gasteiger partial charge in [0.05, 0.1) is 0 Å². The molecule has 0 fully saturated rings. The van der Waals surface area contributed by atoms with Gasteiger partial charge in [0.1, 0.15) is 0 Å². The van der Waals surface area contributed by atoms with Gasteiger partial charge in [0.15, 0.2) is 0 Å². The third-order valence-electron chi connectivity index (χ3n) is 10.4. The van der Waals surface area contributed by atoms with Crippen LogP contribution in [-0.2, 0) is 0 Å². The van der Waals surface area contributed by atoms with Crippen LogP contribution in [0.15, 0.2) is 162 Å². The molecule has 0 saturated heterocycles. The summed E-state index contributed by atoms with van der Waals surface area (Å²) in [5, 5.41) is 7.65. The number of hydrogen-bond donors (Lipinski definition) is 2. The van der Waals surface area contributed by atoms with E-state index in [1.165, 1.54) is 80.6 Å². The number of nitrogens with one attached hydrogen (secondary N) is 2. The molecule has 2 nitrogen and oxygen atoms in total. The lowest BCUT2D eigenvalue weighted by molar-refractivity contribution is 0.448. The van der Waals surface area contributed by atoms with E-state index in [9.17, 15) is 0 Å². The lowest BCUT2D eigenvalue weighted by atomic mass is 9.88. The Hall–Kier alpha value is -4.66. The van der Waals surface area contributed by atoms with Crippen LogP contribution in [0.2, 0.25) is 0 Å². The van der Waals surface area contributed by atoms with Crippen molar-refractivity contribution in [2.24, 2.45) is 0 Å². The molecule has 7 rings (SSSR count). The van der Waals surface area contributed by atoms with Crippen LogP contribution in [-0.4, -0.2) is 18.1 Å². The third-order valence-corrected chi connectivity index (χ3v) is 10.4. The highest BCUT2D eigenvalue weighted by Gasteiger charge is 2.21. The summed E-state index contributed by atoms with van der Waals surface area (Å²) in [5.41, 5.74) is 14.4. The normalized spacial score (nSPS) is 22.5. The zero-order valence-corrected chi connectivity index (χ0v) is 29.2. The van der Waals surface area contributed by atoms with Gasteiger partial charge in [-0.3, -0.25) is 0 Å². The van der Waals surface area contributed by atoms with Crippen LogP contribution in [0.5, 0.6) is 0 Å². The maximum absolute atomic E-state index is 3.89. The summed E-state index contributed by atoms with van der Waals surface area (Å²) in [6.07, 6.45) is 34.6. The van der Waals surface area contributed by atoms with E-state index in [-0.39, 0.29) is 0 Å². The van der Waals surface area contributed by atoms with Crippen molar-refractivity contribution in [2.45, 2.75) is 83.3 Å². The highest BCUT2D eigenvalue weighted by Crippen LogP contribution is 2.36. The van der Waals surface area contributed by atoms with Crippen LogP contribution in [0.1, 0.15) is 70.8 Å². The van der Waals surface area contributed by atoms with Crippen molar-refractivity contribution in [1.82, 2.24) is 5.32 Å². The Morgan fingerprint density at radius 3 is 2.39 bits per heavy atom. The van der Waals surface area contributed by atoms with E-state index < -0.39 is 0 Å². The number of rotatable bonds is 10. The van der Waals surface area contributed by atoms with E-state index in [2.05, 4.69) is 164 Å². The Kier molecular flexibility index (Phi) is 10.5. The minimum Gasteiger partial charge on any atom is -0.378 e. The van der Waals surface area contributed by atoms with Gasteiger partial charge in [0, 0.05) is 29.4 Å². The molecule has 4 aliphatic rings. The number of allylic oxidation sites excluding steroid dienone is 11. The van der Waals surface area contributed by atoms with Gasteiger partial charge >= 0.3 is 0 Å². The second-order valence-electron chi connectivity index (χ2n) is 13.9. The van der Waals surface area contributed by atoms with Gasteiger partial charge in [-0.2, -0.15) is 0 Å². The molecule has 0 spiro atoms. The van der Waals surface area contributed by atoms with Crippen molar-refractivity contribution in [2.75, 3.05) is 5.32 Å². The molecule has 4 aliphatic carbocycles. The summed E-state index contributed by atoms with van der Waals surface area (Å²) in [4.78, 5) is 0. The Balaban J connectivity index is 1.07. The average Bonchev–Trinajstić information content (AvgIpc) is 3.63. The minimum absolute atomic E-state index is 0.314. The highest BCUT2D eigenvalue weighted by atomic mass is 14.9. The molecule has 3 aromatic rings. The summed E-state index contributed by atoms with van der Waals surface area (Å²) < 4.78 is 0. The Morgan fingerprint density at radius 2 is 1.59 bits per heavy atom. The molecule has 2 heteroatoms. The van der Waals surface area contributed by atoms with Gasteiger partial charge in [-0.15, -0.1) is 0 Å². The maximum atomic E-state index is 3.89. The number of para-hydroxylation sites is 1. The van der Waals surface area contributed by atoms with Crippen molar-refractivity contribution >= 4 is 11.3 Å². The molecule has 248 valence electrons. The first-order valence-electron chi connectivity index (χ1n) is 18.4. The first-order valence-corrected chi connectivity index (χ1v) is 18.4. The largest absolute Gasteiger partial charge is 0.378 e. The van der Waals surface area contributed by atoms with Crippen molar-refractivity contribution in [3.63, 3.8) is 0 Å². The van der Waals surface area contributed by atoms with Crippen LogP contribution in [0.25, 0.3) is 27.8 Å². The van der Waals surface area contributed by atoms with Crippen LogP contribution in [0.4, 0.5) is 5.69 Å². The van der Waals surface area contributed by atoms with Gasteiger partial charge in [-0.25, -0.2) is 0 Å². The first kappa shape index (κ1) is 32.9. The van der Waals surface area contributed by atoms with E-state index >= 15 is 0 Å². The smallest absolute Gasteiger partial charge is 0.0482 e. The number of anilines is 1. The van der Waals surface area contributed by atoms with Gasteiger partial charge in [-0.1, -0.05) is 121 Å². The van der Waals surface area contributed by atoms with E-state index in [0.29, 0.717) is 18.1 Å². The molecular formula is C47H50N2. The Bertz CT molecular complexity index is 1910. The molecule has 0 radical (unpaired) electrons. The lowest BCUT2D eigenvalue weighted by Crippen LogP contribution is -2.36. The van der Waals surface area contributed by atoms with E-state index in [1.54, 1.807) is 0 Å². The van der Waals surface area contributed by atoms with Crippen molar-refractivity contribution in [3.05, 3.63) is 167 Å². The molecule has 3 unspecified atom stereocenters. The molecule has 0 heterocycles. The SMILES string of the molecule is C/C=C(\C=C(C)C1=CCC(NC2C=CCCC2)C1)C1=CCCC(c2cccc(-c3cccc(-c4ccccc4NC4C=CC=CC4)c3)c2)=C1. The Morgan fingerprint density at radius 1 is 0.776 bits per heavy atom. The summed E-state index contributed by atoms with van der Waals surface area (Å²) in [6.45, 7) is 4.47. The summed E-state index contributed by atoms with van der Waals surface area (Å²) in [6, 6.07) is 28.2. The number of benzene rings is 3. The van der Waals surface area contributed by atoms with Gasteiger partial charge in [0.2, 0.25) is 0 Å². The predicted molar refractivity (Wildman–Crippen MR) is 211 cm³/mol. The average molecular weight is 643 g/mol. The lowest BCUT2D eigenvalue weighted by Gasteiger charge is -2.23. The molecule has 2 N–H and O–H groups in total. The summed E-state index contributed by atoms with van der Waals surface area (Å²) in [5.74, 6) is 0. The minimum atomic E-state index is 0.314. The highest BCUT2D eigenvalue weighted by molar-refractivity contribution is 5.82. The van der Waals surface area contributed by atoms with E-state index in [1.807, 2.05) is 0 Å². The molecule has 0 bridgehead atoms. The van der Waals surface area contributed by atoms with Gasteiger partial charge in [0.25, 0.3) is 0 Å². The number of hydrogen-bond acceptors (Lipinski definition) is 2. The Labute approximate surface area is 294 Å². The molecule has 0 amide bonds. The van der Waals surface area contributed by atoms with Crippen molar-refractivity contribution < 1.29 is 0 Å². The molecular weight excluding hydrogens is 593 g/mol. The second kappa shape index (κ2) is 15.7. The fourth-order valence-electron chi connectivity index (χ4n) is 7.72. The molecule has 49 heavy (non-hydrogen) atoms. The summed E-state index contributed by atoms with van der Waals surface area (Å²) in [7, 11) is 0. The molecule has 0 aromatic heterocycles. The van der Waals surface area contributed by atoms with Crippen molar-refractivity contribution in [1.29, 1.82) is 0 Å². The first-order chi connectivity index (χ1) is 24.1. The standard InChI is InChI=1S/C47H50N2/c1-3-35(29-34(2)36-27-28-45(33-36)48-43-21-6-4-7-22-43)37-15-12-16-38(30-37)39-17-13-18-40(31-39)41-19-14-20-42(32-41)46-25-10-11-26-47(46)49-44-23-8-5-9-24-44/h3,5-6,8-11,13-15,17-21,23,25-27,29-32,43-45,48-49H,4,7,12,16,22,24,28,33H2,1-2H3/b34-29?,35-3+. The van der Waals surface area contributed by atoms with Gasteiger partial charge in [-0.05, 0) is 134 Å². The fraction of sp³-hybridized carbons (Fsp3) is 0.277. The monoisotopic (exact) mass is 642 g/mol. The van der Waals surface area contributed by atoms with E-state index in [4.69, 9.17) is 0 Å². The second-order valence-corrected chi connectivity index (χ2v) is 13.9. The zero-order chi connectivity index (χ0) is 33.4. The zero-order valence-electron chi connectivity index (χ0n) is 29.2. The van der Waals surface area contributed by atoms with Crippen LogP contribution < -0.4 is 10.6 Å². The van der Waals surface area contributed by atoms with Crippen LogP contribution in [0.3, 0.4) is 0 Å². The molecule has 3 atom stereocenters. The quantitative estimate of drug-likeness (QED) is 0.170. The summed E-state index contributed by atoms with van der Waals surface area (Å²) >= 11 is 0. The maximum Gasteiger partial charge on any atom is 0.0482 e. The topological polar surface area (TPSA) is 24.1 Å². The molecule has 0 aliphatic heterocycles. The third kappa shape index (κ3) is 8.15. The van der Waals surface area contributed by atoms with E-state index in [0.717, 1.165) is 32.1 Å². The fourth-order valence-corrected chi connectivity index (χ4v) is 7.72.